The van der Waals surface area contributed by atoms with E-state index in [0.717, 1.165) is 5.39 Å². The summed E-state index contributed by atoms with van der Waals surface area (Å²) in [7, 11) is 0. The molecule has 0 bridgehead atoms. The highest BCUT2D eigenvalue weighted by atomic mass is 16.3. The molecule has 0 spiro atoms. The molecule has 0 atom stereocenters. The Balaban J connectivity index is 2.67. The van der Waals surface area contributed by atoms with Crippen molar-refractivity contribution in [3.8, 4) is 11.5 Å². The molecule has 0 aliphatic heterocycles. The molecular formula is C12H11NO3. The summed E-state index contributed by atoms with van der Waals surface area (Å²) in [6.07, 6.45) is 0. The van der Waals surface area contributed by atoms with Crippen molar-refractivity contribution in [1.29, 1.82) is 0 Å². The summed E-state index contributed by atoms with van der Waals surface area (Å²) in [5, 5.41) is 22.9. The normalized spacial score (nSPS) is 10.3. The third-order valence-corrected chi connectivity index (χ3v) is 2.23. The Labute approximate surface area is 92.1 Å². The van der Waals surface area contributed by atoms with Gasteiger partial charge in [-0.05, 0) is 29.7 Å². The fourth-order valence-electron chi connectivity index (χ4n) is 1.63. The molecule has 0 aliphatic carbocycles. The number of nitrogens with one attached hydrogen (secondary N) is 1. The van der Waals surface area contributed by atoms with Gasteiger partial charge in [-0.25, -0.2) is 0 Å². The van der Waals surface area contributed by atoms with E-state index in [-0.39, 0.29) is 17.4 Å². The van der Waals surface area contributed by atoms with Crippen molar-refractivity contribution in [3.63, 3.8) is 0 Å². The number of rotatable bonds is 1. The van der Waals surface area contributed by atoms with Crippen LogP contribution in [0.25, 0.3) is 10.8 Å². The van der Waals surface area contributed by atoms with Crippen molar-refractivity contribution < 1.29 is 15.0 Å². The molecule has 0 fully saturated rings. The van der Waals surface area contributed by atoms with Crippen LogP contribution in [-0.2, 0) is 4.79 Å². The highest BCUT2D eigenvalue weighted by molar-refractivity contribution is 6.02. The fraction of sp³-hybridized carbons (Fsp3) is 0.0833. The number of fused-ring (bicyclic) bond motifs is 1. The maximum atomic E-state index is 11.0. The molecule has 2 rings (SSSR count). The van der Waals surface area contributed by atoms with Crippen LogP contribution >= 0.6 is 0 Å². The molecule has 0 aliphatic rings. The topological polar surface area (TPSA) is 69.6 Å². The Bertz CT molecular complexity index is 558. The van der Waals surface area contributed by atoms with Gasteiger partial charge in [0.2, 0.25) is 5.91 Å². The number of hydrogen-bond donors (Lipinski definition) is 3. The fourth-order valence-corrected chi connectivity index (χ4v) is 1.63. The molecule has 4 heteroatoms. The van der Waals surface area contributed by atoms with E-state index in [2.05, 4.69) is 5.32 Å². The number of carbonyl (C=O) groups is 1. The molecule has 0 heterocycles. The Morgan fingerprint density at radius 2 is 1.81 bits per heavy atom. The van der Waals surface area contributed by atoms with Gasteiger partial charge in [0.05, 0.1) is 5.69 Å². The van der Waals surface area contributed by atoms with Crippen molar-refractivity contribution >= 4 is 22.4 Å². The van der Waals surface area contributed by atoms with E-state index in [1.165, 1.54) is 31.2 Å². The van der Waals surface area contributed by atoms with Gasteiger partial charge >= 0.3 is 0 Å². The lowest BCUT2D eigenvalue weighted by Gasteiger charge is -2.08. The molecule has 0 aromatic heterocycles. The van der Waals surface area contributed by atoms with E-state index in [9.17, 15) is 15.0 Å². The van der Waals surface area contributed by atoms with Crippen LogP contribution in [0.3, 0.4) is 0 Å². The molecule has 1 amide bonds. The van der Waals surface area contributed by atoms with E-state index in [1.54, 1.807) is 6.07 Å². The average Bonchev–Trinajstić information content (AvgIpc) is 2.15. The van der Waals surface area contributed by atoms with Gasteiger partial charge in [-0.3, -0.25) is 4.79 Å². The summed E-state index contributed by atoms with van der Waals surface area (Å²) in [6.45, 7) is 1.40. The number of hydrogen-bond acceptors (Lipinski definition) is 3. The van der Waals surface area contributed by atoms with Crippen molar-refractivity contribution in [3.05, 3.63) is 30.3 Å². The lowest BCUT2D eigenvalue weighted by Crippen LogP contribution is -2.05. The molecule has 0 unspecified atom stereocenters. The van der Waals surface area contributed by atoms with Crippen LogP contribution in [0.1, 0.15) is 6.92 Å². The lowest BCUT2D eigenvalue weighted by atomic mass is 10.1. The van der Waals surface area contributed by atoms with Gasteiger partial charge in [-0.15, -0.1) is 0 Å². The summed E-state index contributed by atoms with van der Waals surface area (Å²) in [5.41, 5.74) is 0.530. The summed E-state index contributed by atoms with van der Waals surface area (Å²) in [6, 6.07) is 7.75. The first kappa shape index (κ1) is 10.3. The van der Waals surface area contributed by atoms with Crippen LogP contribution in [-0.4, -0.2) is 16.1 Å². The number of anilines is 1. The minimum Gasteiger partial charge on any atom is -0.508 e. The molecule has 0 saturated heterocycles. The molecule has 82 valence electrons. The summed E-state index contributed by atoms with van der Waals surface area (Å²) < 4.78 is 0. The van der Waals surface area contributed by atoms with Gasteiger partial charge in [0.15, 0.2) is 0 Å². The average molecular weight is 217 g/mol. The number of phenols is 2. The maximum absolute atomic E-state index is 11.0. The second kappa shape index (κ2) is 3.73. The zero-order chi connectivity index (χ0) is 11.7. The number of aromatic hydroxyl groups is 2. The summed E-state index contributed by atoms with van der Waals surface area (Å²) in [4.78, 5) is 11.0. The van der Waals surface area contributed by atoms with Crippen molar-refractivity contribution in [1.82, 2.24) is 0 Å². The minimum absolute atomic E-state index is 0.0434. The van der Waals surface area contributed by atoms with E-state index in [0.29, 0.717) is 11.1 Å². The lowest BCUT2D eigenvalue weighted by molar-refractivity contribution is -0.114. The monoisotopic (exact) mass is 217 g/mol. The third kappa shape index (κ3) is 1.91. The largest absolute Gasteiger partial charge is 0.508 e. The second-order valence-corrected chi connectivity index (χ2v) is 3.58. The van der Waals surface area contributed by atoms with Gasteiger partial charge in [-0.2, -0.15) is 0 Å². The summed E-state index contributed by atoms with van der Waals surface area (Å²) >= 11 is 0. The Kier molecular flexibility index (Phi) is 2.40. The maximum Gasteiger partial charge on any atom is 0.221 e. The number of benzene rings is 2. The highest BCUT2D eigenvalue weighted by Crippen LogP contribution is 2.30. The molecule has 3 N–H and O–H groups in total. The van der Waals surface area contributed by atoms with Gasteiger partial charge in [0, 0.05) is 18.4 Å². The third-order valence-electron chi connectivity index (χ3n) is 2.23. The summed E-state index contributed by atoms with van der Waals surface area (Å²) in [5.74, 6) is -0.0475. The van der Waals surface area contributed by atoms with E-state index in [1.807, 2.05) is 0 Å². The molecular weight excluding hydrogens is 206 g/mol. The number of phenolic OH excluding ortho intramolecular Hbond substituents is 2. The zero-order valence-electron chi connectivity index (χ0n) is 8.69. The van der Waals surface area contributed by atoms with Crippen molar-refractivity contribution in [2.75, 3.05) is 5.32 Å². The second-order valence-electron chi connectivity index (χ2n) is 3.58. The van der Waals surface area contributed by atoms with Gasteiger partial charge in [0.25, 0.3) is 0 Å². The first-order valence-electron chi connectivity index (χ1n) is 4.79. The Morgan fingerprint density at radius 3 is 2.50 bits per heavy atom. The Morgan fingerprint density at radius 1 is 1.12 bits per heavy atom. The van der Waals surface area contributed by atoms with Gasteiger partial charge in [0.1, 0.15) is 11.5 Å². The van der Waals surface area contributed by atoms with Crippen LogP contribution in [0.2, 0.25) is 0 Å². The van der Waals surface area contributed by atoms with Crippen molar-refractivity contribution in [2.24, 2.45) is 0 Å². The smallest absolute Gasteiger partial charge is 0.221 e. The van der Waals surface area contributed by atoms with E-state index in [4.69, 9.17) is 0 Å². The van der Waals surface area contributed by atoms with E-state index >= 15 is 0 Å². The molecule has 0 radical (unpaired) electrons. The van der Waals surface area contributed by atoms with Crippen molar-refractivity contribution in [2.45, 2.75) is 6.92 Å². The van der Waals surface area contributed by atoms with Crippen LogP contribution in [0, 0.1) is 0 Å². The quantitative estimate of drug-likeness (QED) is 0.685. The van der Waals surface area contributed by atoms with Crippen LogP contribution in [0.4, 0.5) is 5.69 Å². The zero-order valence-corrected chi connectivity index (χ0v) is 8.69. The minimum atomic E-state index is -0.208. The first-order chi connectivity index (χ1) is 7.56. The van der Waals surface area contributed by atoms with Crippen LogP contribution in [0.5, 0.6) is 11.5 Å². The first-order valence-corrected chi connectivity index (χ1v) is 4.79. The van der Waals surface area contributed by atoms with Crippen LogP contribution < -0.4 is 5.32 Å². The molecule has 4 nitrogen and oxygen atoms in total. The van der Waals surface area contributed by atoms with Gasteiger partial charge in [-0.1, -0.05) is 0 Å². The van der Waals surface area contributed by atoms with E-state index < -0.39 is 0 Å². The molecule has 16 heavy (non-hydrogen) atoms. The standard InChI is InChI=1S/C12H11NO3/c1-7(14)13-12-6-10(16)5-8-4-9(15)2-3-11(8)12/h2-6,15-16H,1H3,(H,13,14). The van der Waals surface area contributed by atoms with Gasteiger partial charge < -0.3 is 15.5 Å². The van der Waals surface area contributed by atoms with Crippen LogP contribution in [0.15, 0.2) is 30.3 Å². The number of carbonyl (C=O) groups excluding carboxylic acids is 1. The molecule has 2 aromatic carbocycles. The predicted octanol–water partition coefficient (Wildman–Crippen LogP) is 2.21. The molecule has 2 aromatic rings. The number of amides is 1. The highest BCUT2D eigenvalue weighted by Gasteiger charge is 2.05. The SMILES string of the molecule is CC(=O)Nc1cc(O)cc2cc(O)ccc12. The predicted molar refractivity (Wildman–Crippen MR) is 61.6 cm³/mol. The molecule has 0 saturated carbocycles. The Hall–Kier alpha value is -2.23.